The van der Waals surface area contributed by atoms with Crippen LogP contribution in [0.4, 0.5) is 5.69 Å². The molecule has 0 saturated heterocycles. The second-order valence-corrected chi connectivity index (χ2v) is 7.08. The van der Waals surface area contributed by atoms with Gasteiger partial charge in [-0.2, -0.15) is 0 Å². The molecule has 1 aromatic rings. The van der Waals surface area contributed by atoms with Crippen molar-refractivity contribution in [1.29, 1.82) is 0 Å². The van der Waals surface area contributed by atoms with E-state index in [4.69, 9.17) is 18.0 Å². The van der Waals surface area contributed by atoms with Crippen LogP contribution in [0.2, 0.25) is 0 Å². The van der Waals surface area contributed by atoms with Crippen LogP contribution in [-0.2, 0) is 0 Å². The number of nitrogens with two attached hydrogens (primary N) is 1. The van der Waals surface area contributed by atoms with Gasteiger partial charge in [0.1, 0.15) is 4.99 Å². The van der Waals surface area contributed by atoms with Crippen molar-refractivity contribution in [1.82, 2.24) is 4.90 Å². The third kappa shape index (κ3) is 5.85. The number of anilines is 1. The maximum Gasteiger partial charge on any atom is 0.107 e. The smallest absolute Gasteiger partial charge is 0.107 e. The molecule has 0 aliphatic heterocycles. The van der Waals surface area contributed by atoms with Crippen molar-refractivity contribution >= 4 is 34.7 Å². The molecule has 0 aliphatic carbocycles. The van der Waals surface area contributed by atoms with Gasteiger partial charge in [-0.15, -0.1) is 11.8 Å². The molecular weight excluding hydrogens is 298 g/mol. The number of rotatable bonds is 9. The van der Waals surface area contributed by atoms with Crippen LogP contribution in [0, 0.1) is 0 Å². The molecular formula is C16H27N3S2. The van der Waals surface area contributed by atoms with Crippen LogP contribution in [0.25, 0.3) is 0 Å². The van der Waals surface area contributed by atoms with Crippen LogP contribution in [0.15, 0.2) is 23.1 Å². The van der Waals surface area contributed by atoms with Crippen LogP contribution in [0.5, 0.6) is 0 Å². The van der Waals surface area contributed by atoms with E-state index >= 15 is 0 Å². The van der Waals surface area contributed by atoms with Crippen LogP contribution in [0.3, 0.4) is 0 Å². The Hall–Kier alpha value is -0.780. The van der Waals surface area contributed by atoms with Crippen molar-refractivity contribution < 1.29 is 0 Å². The van der Waals surface area contributed by atoms with Crippen molar-refractivity contribution in [3.63, 3.8) is 0 Å². The average Bonchev–Trinajstić information content (AvgIpc) is 2.43. The lowest BCUT2D eigenvalue weighted by Crippen LogP contribution is -2.28. The highest BCUT2D eigenvalue weighted by Crippen LogP contribution is 2.28. The predicted octanol–water partition coefficient (Wildman–Crippen LogP) is 3.58. The minimum absolute atomic E-state index is 0.466. The zero-order chi connectivity index (χ0) is 15.8. The van der Waals surface area contributed by atoms with E-state index in [9.17, 15) is 0 Å². The molecule has 0 atom stereocenters. The molecule has 0 saturated carbocycles. The largest absolute Gasteiger partial charge is 0.389 e. The summed E-state index contributed by atoms with van der Waals surface area (Å²) in [5, 5.41) is 3.48. The molecule has 5 heteroatoms. The zero-order valence-corrected chi connectivity index (χ0v) is 15.1. The summed E-state index contributed by atoms with van der Waals surface area (Å²) in [5.41, 5.74) is 7.94. The van der Waals surface area contributed by atoms with E-state index in [0.29, 0.717) is 11.0 Å². The van der Waals surface area contributed by atoms with E-state index in [0.717, 1.165) is 41.4 Å². The quantitative estimate of drug-likeness (QED) is 0.413. The molecule has 1 aromatic carbocycles. The topological polar surface area (TPSA) is 41.3 Å². The van der Waals surface area contributed by atoms with Crippen molar-refractivity contribution in [3.05, 3.63) is 23.8 Å². The van der Waals surface area contributed by atoms with E-state index in [1.165, 1.54) is 0 Å². The Morgan fingerprint density at radius 3 is 2.71 bits per heavy atom. The highest BCUT2D eigenvalue weighted by atomic mass is 32.2. The minimum Gasteiger partial charge on any atom is -0.389 e. The molecule has 0 unspecified atom stereocenters. The minimum atomic E-state index is 0.466. The van der Waals surface area contributed by atoms with E-state index < -0.39 is 0 Å². The molecule has 0 radical (unpaired) electrons. The Balaban J connectivity index is 2.66. The molecule has 21 heavy (non-hydrogen) atoms. The normalized spacial score (nSPS) is 11.1. The first-order valence-corrected chi connectivity index (χ1v) is 8.86. The van der Waals surface area contributed by atoms with Crippen molar-refractivity contribution in [2.24, 2.45) is 5.73 Å². The SMILES string of the molecule is CCSc1cccc(NCCCN(C)C(C)C)c1C(N)=S. The van der Waals surface area contributed by atoms with E-state index in [1.807, 2.05) is 0 Å². The molecule has 3 N–H and O–H groups in total. The van der Waals surface area contributed by atoms with Gasteiger partial charge in [-0.1, -0.05) is 25.2 Å². The van der Waals surface area contributed by atoms with Crippen LogP contribution in [-0.4, -0.2) is 41.8 Å². The van der Waals surface area contributed by atoms with E-state index in [-0.39, 0.29) is 0 Å². The fraction of sp³-hybridized carbons (Fsp3) is 0.562. The lowest BCUT2D eigenvalue weighted by atomic mass is 10.1. The summed E-state index contributed by atoms with van der Waals surface area (Å²) in [7, 11) is 2.16. The molecule has 3 nitrogen and oxygen atoms in total. The van der Waals surface area contributed by atoms with Gasteiger partial charge in [-0.05, 0) is 51.7 Å². The van der Waals surface area contributed by atoms with Crippen molar-refractivity contribution in [3.8, 4) is 0 Å². The molecule has 0 bridgehead atoms. The Bertz CT molecular complexity index is 461. The third-order valence-electron chi connectivity index (χ3n) is 3.46. The summed E-state index contributed by atoms with van der Waals surface area (Å²) < 4.78 is 0. The van der Waals surface area contributed by atoms with Crippen LogP contribution >= 0.6 is 24.0 Å². The molecule has 1 rings (SSSR count). The average molecular weight is 326 g/mol. The van der Waals surface area contributed by atoms with Gasteiger partial charge in [-0.3, -0.25) is 0 Å². The number of hydrogen-bond donors (Lipinski definition) is 2. The van der Waals surface area contributed by atoms with Crippen LogP contribution < -0.4 is 11.1 Å². The van der Waals surface area contributed by atoms with Gasteiger partial charge in [0.05, 0.1) is 0 Å². The fourth-order valence-corrected chi connectivity index (χ4v) is 3.15. The molecule has 0 aliphatic rings. The second kappa shape index (κ2) is 9.28. The van der Waals surface area contributed by atoms with Crippen molar-refractivity contribution in [2.45, 2.75) is 38.1 Å². The summed E-state index contributed by atoms with van der Waals surface area (Å²) in [6.07, 6.45) is 1.09. The Morgan fingerprint density at radius 2 is 2.14 bits per heavy atom. The van der Waals surface area contributed by atoms with Gasteiger partial charge in [0.25, 0.3) is 0 Å². The Labute approximate surface area is 138 Å². The first-order valence-electron chi connectivity index (χ1n) is 7.47. The highest BCUT2D eigenvalue weighted by Gasteiger charge is 2.11. The number of thioether (sulfide) groups is 1. The third-order valence-corrected chi connectivity index (χ3v) is 4.60. The summed E-state index contributed by atoms with van der Waals surface area (Å²) in [6, 6.07) is 6.78. The van der Waals surface area contributed by atoms with Gasteiger partial charge in [0.15, 0.2) is 0 Å². The van der Waals surface area contributed by atoms with Gasteiger partial charge < -0.3 is 16.0 Å². The molecule has 0 aromatic heterocycles. The predicted molar refractivity (Wildman–Crippen MR) is 99.6 cm³/mol. The van der Waals surface area contributed by atoms with Gasteiger partial charge in [0.2, 0.25) is 0 Å². The number of hydrogen-bond acceptors (Lipinski definition) is 4. The lowest BCUT2D eigenvalue weighted by Gasteiger charge is -2.21. The summed E-state index contributed by atoms with van der Waals surface area (Å²) in [4.78, 5) is 3.97. The zero-order valence-electron chi connectivity index (χ0n) is 13.5. The molecule has 0 spiro atoms. The number of nitrogens with one attached hydrogen (secondary N) is 1. The van der Waals surface area contributed by atoms with E-state index in [2.05, 4.69) is 56.2 Å². The first kappa shape index (κ1) is 18.3. The lowest BCUT2D eigenvalue weighted by molar-refractivity contribution is 0.273. The maximum atomic E-state index is 5.91. The molecule has 0 fully saturated rings. The van der Waals surface area contributed by atoms with Gasteiger partial charge in [-0.25, -0.2) is 0 Å². The highest BCUT2D eigenvalue weighted by molar-refractivity contribution is 7.99. The molecule has 118 valence electrons. The van der Waals surface area contributed by atoms with Crippen molar-refractivity contribution in [2.75, 3.05) is 31.2 Å². The first-order chi connectivity index (χ1) is 9.97. The fourth-order valence-electron chi connectivity index (χ4n) is 2.02. The molecule has 0 amide bonds. The summed E-state index contributed by atoms with van der Waals surface area (Å²) >= 11 is 7.00. The Kier molecular flexibility index (Phi) is 8.07. The maximum absolute atomic E-state index is 5.91. The summed E-state index contributed by atoms with van der Waals surface area (Å²) in [6.45, 7) is 8.56. The standard InChI is InChI=1S/C16H27N3S2/c1-5-21-14-9-6-8-13(15(14)16(17)20)18-10-7-11-19(4)12(2)3/h6,8-9,12,18H,5,7,10-11H2,1-4H3,(H2,17,20). The van der Waals surface area contributed by atoms with Crippen LogP contribution in [0.1, 0.15) is 32.8 Å². The number of nitrogens with zero attached hydrogens (tertiary/aromatic N) is 1. The second-order valence-electron chi connectivity index (χ2n) is 5.33. The molecule has 0 heterocycles. The van der Waals surface area contributed by atoms with E-state index in [1.54, 1.807) is 11.8 Å². The van der Waals surface area contributed by atoms with Gasteiger partial charge >= 0.3 is 0 Å². The monoisotopic (exact) mass is 325 g/mol. The van der Waals surface area contributed by atoms with Gasteiger partial charge in [0, 0.05) is 28.7 Å². The number of thiocarbonyl (C=S) groups is 1. The summed E-state index contributed by atoms with van der Waals surface area (Å²) in [5.74, 6) is 1.01. The Morgan fingerprint density at radius 1 is 1.43 bits per heavy atom. The number of benzene rings is 1.